The fraction of sp³-hybridized carbons (Fsp3) is 0.286. The highest BCUT2D eigenvalue weighted by Gasteiger charge is 2.39. The minimum absolute atomic E-state index is 0.0723. The zero-order valence-corrected chi connectivity index (χ0v) is 20.4. The fourth-order valence-electron chi connectivity index (χ4n) is 2.79. The molecule has 1 fully saturated rings. The first-order valence-corrected chi connectivity index (χ1v) is 11.2. The van der Waals surface area contributed by atoms with Gasteiger partial charge in [-0.05, 0) is 79.3 Å². The van der Waals surface area contributed by atoms with Crippen LogP contribution < -0.4 is 9.47 Å². The molecule has 0 atom stereocenters. The topological polar surface area (TPSA) is 51.7 Å². The number of nitrogens with zero attached hydrogens (tertiary/aromatic N) is 2. The SMILES string of the molecule is COc1cc(/C=C2/SC(=S)N(C(C)(C)C)C2=O)cc(I)c1OCc1ccccn1. The maximum atomic E-state index is 12.8. The van der Waals surface area contributed by atoms with Crippen LogP contribution in [0.25, 0.3) is 6.08 Å². The molecule has 0 saturated carbocycles. The van der Waals surface area contributed by atoms with Crippen molar-refractivity contribution in [3.8, 4) is 11.5 Å². The lowest BCUT2D eigenvalue weighted by Gasteiger charge is -2.30. The number of ether oxygens (including phenoxy) is 2. The number of aromatic nitrogens is 1. The van der Waals surface area contributed by atoms with E-state index in [1.54, 1.807) is 18.2 Å². The van der Waals surface area contributed by atoms with E-state index in [0.717, 1.165) is 14.8 Å². The first kappa shape index (κ1) is 22.0. The van der Waals surface area contributed by atoms with Crippen molar-refractivity contribution in [1.82, 2.24) is 9.88 Å². The van der Waals surface area contributed by atoms with Gasteiger partial charge < -0.3 is 9.47 Å². The summed E-state index contributed by atoms with van der Waals surface area (Å²) >= 11 is 8.94. The molecule has 0 radical (unpaired) electrons. The van der Waals surface area contributed by atoms with Gasteiger partial charge in [-0.25, -0.2) is 0 Å². The average Bonchev–Trinajstić information content (AvgIpc) is 2.94. The van der Waals surface area contributed by atoms with Gasteiger partial charge in [0.2, 0.25) is 0 Å². The Balaban J connectivity index is 1.86. The monoisotopic (exact) mass is 540 g/mol. The number of amides is 1. The van der Waals surface area contributed by atoms with Gasteiger partial charge in [-0.1, -0.05) is 30.0 Å². The number of methoxy groups -OCH3 is 1. The number of pyridine rings is 1. The van der Waals surface area contributed by atoms with Gasteiger partial charge in [0.15, 0.2) is 11.5 Å². The summed E-state index contributed by atoms with van der Waals surface area (Å²) in [5.74, 6) is 1.18. The number of benzene rings is 1. The number of carbonyl (C=O) groups is 1. The van der Waals surface area contributed by atoms with Crippen LogP contribution in [0.15, 0.2) is 41.4 Å². The molecule has 152 valence electrons. The summed E-state index contributed by atoms with van der Waals surface area (Å²) in [6.45, 7) is 6.26. The summed E-state index contributed by atoms with van der Waals surface area (Å²) in [7, 11) is 1.60. The van der Waals surface area contributed by atoms with Crippen LogP contribution in [-0.4, -0.2) is 32.8 Å². The minimum Gasteiger partial charge on any atom is -0.493 e. The molecule has 1 aliphatic heterocycles. The molecule has 3 rings (SSSR count). The van der Waals surface area contributed by atoms with Crippen molar-refractivity contribution in [1.29, 1.82) is 0 Å². The second-order valence-corrected chi connectivity index (χ2v) is 10.2. The summed E-state index contributed by atoms with van der Waals surface area (Å²) in [4.78, 5) is 19.3. The molecule has 0 aliphatic carbocycles. The molecule has 5 nitrogen and oxygen atoms in total. The van der Waals surface area contributed by atoms with E-state index < -0.39 is 0 Å². The van der Waals surface area contributed by atoms with Crippen LogP contribution in [0.5, 0.6) is 11.5 Å². The van der Waals surface area contributed by atoms with E-state index in [2.05, 4.69) is 27.6 Å². The number of thiocarbonyl (C=S) groups is 1. The predicted octanol–water partition coefficient (Wildman–Crippen LogP) is 5.27. The van der Waals surface area contributed by atoms with Gasteiger partial charge in [0.05, 0.1) is 21.3 Å². The Morgan fingerprint density at radius 2 is 2.07 bits per heavy atom. The van der Waals surface area contributed by atoms with E-state index in [9.17, 15) is 4.79 Å². The molecule has 29 heavy (non-hydrogen) atoms. The Kier molecular flexibility index (Phi) is 6.85. The average molecular weight is 540 g/mol. The summed E-state index contributed by atoms with van der Waals surface area (Å²) in [5.41, 5.74) is 1.33. The third-order valence-corrected chi connectivity index (χ3v) is 6.21. The van der Waals surface area contributed by atoms with Gasteiger partial charge in [0.25, 0.3) is 5.91 Å². The molecular weight excluding hydrogens is 519 g/mol. The zero-order valence-electron chi connectivity index (χ0n) is 16.6. The highest BCUT2D eigenvalue weighted by Crippen LogP contribution is 2.39. The number of rotatable bonds is 5. The lowest BCUT2D eigenvalue weighted by atomic mass is 10.1. The Hall–Kier alpha value is -1.65. The van der Waals surface area contributed by atoms with E-state index >= 15 is 0 Å². The standard InChI is InChI=1S/C21H21IN2O3S2/c1-21(2,3)24-19(25)17(29-20(24)28)11-13-9-15(22)18(16(10-13)26-4)27-12-14-7-5-6-8-23-14/h5-11H,12H2,1-4H3/b17-11+. The second-order valence-electron chi connectivity index (χ2n) is 7.33. The highest BCUT2D eigenvalue weighted by molar-refractivity contribution is 14.1. The number of carbonyl (C=O) groups excluding carboxylic acids is 1. The Bertz CT molecular complexity index is 972. The van der Waals surface area contributed by atoms with E-state index in [4.69, 9.17) is 21.7 Å². The molecule has 1 aliphatic rings. The minimum atomic E-state index is -0.355. The van der Waals surface area contributed by atoms with Crippen molar-refractivity contribution < 1.29 is 14.3 Å². The van der Waals surface area contributed by atoms with E-state index in [1.165, 1.54) is 11.8 Å². The molecule has 1 aromatic carbocycles. The van der Waals surface area contributed by atoms with Gasteiger partial charge in [0.1, 0.15) is 10.9 Å². The van der Waals surface area contributed by atoms with E-state index in [-0.39, 0.29) is 11.4 Å². The molecule has 1 aromatic heterocycles. The van der Waals surface area contributed by atoms with Crippen molar-refractivity contribution in [3.63, 3.8) is 0 Å². The third kappa shape index (κ3) is 5.10. The van der Waals surface area contributed by atoms with Crippen LogP contribution in [0, 0.1) is 3.57 Å². The van der Waals surface area contributed by atoms with Gasteiger partial charge in [-0.15, -0.1) is 0 Å². The van der Waals surface area contributed by atoms with Crippen molar-refractivity contribution >= 4 is 62.9 Å². The van der Waals surface area contributed by atoms with Gasteiger partial charge in [-0.2, -0.15) is 0 Å². The number of hydrogen-bond acceptors (Lipinski definition) is 6. The third-order valence-electron chi connectivity index (χ3n) is 4.10. The van der Waals surface area contributed by atoms with Crippen LogP contribution >= 0.6 is 46.6 Å². The largest absolute Gasteiger partial charge is 0.493 e. The van der Waals surface area contributed by atoms with Gasteiger partial charge in [0, 0.05) is 11.7 Å². The Morgan fingerprint density at radius 1 is 1.31 bits per heavy atom. The quantitative estimate of drug-likeness (QED) is 0.293. The Labute approximate surface area is 194 Å². The molecule has 0 unspecified atom stereocenters. The van der Waals surface area contributed by atoms with Crippen LogP contribution in [0.2, 0.25) is 0 Å². The van der Waals surface area contributed by atoms with Gasteiger partial charge in [-0.3, -0.25) is 14.7 Å². The molecule has 1 saturated heterocycles. The molecule has 0 spiro atoms. The Morgan fingerprint density at radius 3 is 2.66 bits per heavy atom. The smallest absolute Gasteiger partial charge is 0.266 e. The first-order valence-electron chi connectivity index (χ1n) is 8.89. The lowest BCUT2D eigenvalue weighted by molar-refractivity contribution is -0.125. The van der Waals surface area contributed by atoms with Crippen molar-refractivity contribution in [3.05, 3.63) is 56.3 Å². The zero-order chi connectivity index (χ0) is 21.2. The van der Waals surface area contributed by atoms with Crippen LogP contribution in [-0.2, 0) is 11.4 Å². The second kappa shape index (κ2) is 9.01. The van der Waals surface area contributed by atoms with E-state index in [1.807, 2.05) is 57.2 Å². The normalized spacial score (nSPS) is 15.9. The summed E-state index contributed by atoms with van der Waals surface area (Å²) in [6, 6.07) is 9.51. The van der Waals surface area contributed by atoms with Crippen LogP contribution in [0.1, 0.15) is 32.0 Å². The van der Waals surface area contributed by atoms with Crippen LogP contribution in [0.3, 0.4) is 0 Å². The summed E-state index contributed by atoms with van der Waals surface area (Å²) < 4.78 is 12.9. The summed E-state index contributed by atoms with van der Waals surface area (Å²) in [5, 5.41) is 0. The molecule has 1 amide bonds. The fourth-order valence-corrected chi connectivity index (χ4v) is 5.21. The highest BCUT2D eigenvalue weighted by atomic mass is 127. The lowest BCUT2D eigenvalue weighted by Crippen LogP contribution is -2.44. The first-order chi connectivity index (χ1) is 13.7. The maximum Gasteiger partial charge on any atom is 0.266 e. The van der Waals surface area contributed by atoms with Crippen LogP contribution in [0.4, 0.5) is 0 Å². The number of thioether (sulfide) groups is 1. The molecular formula is C21H21IN2O3S2. The summed E-state index contributed by atoms with van der Waals surface area (Å²) in [6.07, 6.45) is 3.58. The molecule has 0 N–H and O–H groups in total. The van der Waals surface area contributed by atoms with Crippen molar-refractivity contribution in [2.75, 3.05) is 7.11 Å². The van der Waals surface area contributed by atoms with Gasteiger partial charge >= 0.3 is 0 Å². The van der Waals surface area contributed by atoms with Crippen molar-refractivity contribution in [2.24, 2.45) is 0 Å². The van der Waals surface area contributed by atoms with Crippen molar-refractivity contribution in [2.45, 2.75) is 32.9 Å². The molecule has 2 aromatic rings. The molecule has 0 bridgehead atoms. The number of hydrogen-bond donors (Lipinski definition) is 0. The molecule has 2 heterocycles. The van der Waals surface area contributed by atoms with E-state index in [0.29, 0.717) is 27.3 Å². The predicted molar refractivity (Wildman–Crippen MR) is 129 cm³/mol. The molecule has 8 heteroatoms. The maximum absolute atomic E-state index is 12.8. The number of halogens is 1.